The molecule has 7 heteroatoms. The average molecular weight is 321 g/mol. The van der Waals surface area contributed by atoms with Gasteiger partial charge in [0.25, 0.3) is 6.43 Å². The van der Waals surface area contributed by atoms with Crippen LogP contribution in [0.3, 0.4) is 0 Å². The van der Waals surface area contributed by atoms with Crippen LogP contribution in [0.5, 0.6) is 0 Å². The van der Waals surface area contributed by atoms with E-state index in [1.165, 1.54) is 6.20 Å². The Labute approximate surface area is 127 Å². The molecule has 2 heterocycles. The Kier molecular flexibility index (Phi) is 5.46. The highest BCUT2D eigenvalue weighted by atomic mass is 35.5. The zero-order chi connectivity index (χ0) is 15.5. The predicted octanol–water partition coefficient (Wildman–Crippen LogP) is 4.24. The van der Waals surface area contributed by atoms with Crippen molar-refractivity contribution in [3.05, 3.63) is 22.7 Å². The SMILES string of the molecule is CCCC1COC(CCC)(c2cnc(C(F)F)nc2Cl)O1. The maximum absolute atomic E-state index is 12.6. The largest absolute Gasteiger partial charge is 0.343 e. The van der Waals surface area contributed by atoms with E-state index >= 15 is 0 Å². The molecule has 0 aliphatic carbocycles. The molecule has 1 aromatic rings. The van der Waals surface area contributed by atoms with Crippen LogP contribution < -0.4 is 0 Å². The van der Waals surface area contributed by atoms with Crippen molar-refractivity contribution >= 4 is 11.6 Å². The summed E-state index contributed by atoms with van der Waals surface area (Å²) < 4.78 is 37.1. The molecule has 2 rings (SSSR count). The van der Waals surface area contributed by atoms with Gasteiger partial charge in [0.2, 0.25) is 0 Å². The second-order valence-electron chi connectivity index (χ2n) is 5.08. The number of hydrogen-bond acceptors (Lipinski definition) is 4. The molecule has 1 saturated heterocycles. The van der Waals surface area contributed by atoms with Crippen LogP contribution >= 0.6 is 11.6 Å². The van der Waals surface area contributed by atoms with E-state index in [2.05, 4.69) is 16.9 Å². The number of halogens is 3. The average Bonchev–Trinajstić information content (AvgIpc) is 2.83. The van der Waals surface area contributed by atoms with Gasteiger partial charge in [-0.25, -0.2) is 18.7 Å². The van der Waals surface area contributed by atoms with Crippen molar-refractivity contribution in [2.24, 2.45) is 0 Å². The topological polar surface area (TPSA) is 44.2 Å². The molecule has 21 heavy (non-hydrogen) atoms. The number of aromatic nitrogens is 2. The molecule has 0 radical (unpaired) electrons. The summed E-state index contributed by atoms with van der Waals surface area (Å²) in [6.07, 6.45) is 1.74. The summed E-state index contributed by atoms with van der Waals surface area (Å²) in [5.74, 6) is -1.61. The number of nitrogens with zero attached hydrogens (tertiary/aromatic N) is 2. The van der Waals surface area contributed by atoms with Crippen molar-refractivity contribution in [1.29, 1.82) is 0 Å². The molecule has 1 aromatic heterocycles. The number of ether oxygens (including phenoxy) is 2. The van der Waals surface area contributed by atoms with Gasteiger partial charge in [-0.15, -0.1) is 0 Å². The Hall–Kier alpha value is -0.850. The zero-order valence-corrected chi connectivity index (χ0v) is 12.9. The summed E-state index contributed by atoms with van der Waals surface area (Å²) in [6.45, 7) is 4.52. The van der Waals surface area contributed by atoms with Crippen molar-refractivity contribution in [2.75, 3.05) is 6.61 Å². The highest BCUT2D eigenvalue weighted by molar-refractivity contribution is 6.30. The Morgan fingerprint density at radius 3 is 2.76 bits per heavy atom. The second kappa shape index (κ2) is 6.94. The van der Waals surface area contributed by atoms with E-state index in [1.807, 2.05) is 6.92 Å². The molecular formula is C14H19ClF2N2O2. The van der Waals surface area contributed by atoms with E-state index < -0.39 is 18.0 Å². The van der Waals surface area contributed by atoms with Crippen LogP contribution in [0.15, 0.2) is 6.20 Å². The number of alkyl halides is 2. The summed E-state index contributed by atoms with van der Waals surface area (Å²) in [4.78, 5) is 7.34. The first-order chi connectivity index (χ1) is 10.0. The van der Waals surface area contributed by atoms with E-state index in [-0.39, 0.29) is 11.3 Å². The number of hydrogen-bond donors (Lipinski definition) is 0. The van der Waals surface area contributed by atoms with Crippen molar-refractivity contribution in [3.63, 3.8) is 0 Å². The fraction of sp³-hybridized carbons (Fsp3) is 0.714. The molecule has 2 unspecified atom stereocenters. The van der Waals surface area contributed by atoms with Gasteiger partial charge in [-0.2, -0.15) is 0 Å². The van der Waals surface area contributed by atoms with Crippen LogP contribution in [0.25, 0.3) is 0 Å². The van der Waals surface area contributed by atoms with Gasteiger partial charge in [0, 0.05) is 12.6 Å². The third-order valence-corrected chi connectivity index (χ3v) is 3.70. The maximum Gasteiger partial charge on any atom is 0.297 e. The minimum absolute atomic E-state index is 0.0209. The molecule has 1 aliphatic rings. The van der Waals surface area contributed by atoms with Crippen molar-refractivity contribution in [3.8, 4) is 0 Å². The maximum atomic E-state index is 12.6. The molecule has 0 amide bonds. The van der Waals surface area contributed by atoms with Gasteiger partial charge < -0.3 is 9.47 Å². The van der Waals surface area contributed by atoms with E-state index in [4.69, 9.17) is 21.1 Å². The molecule has 0 saturated carbocycles. The molecule has 4 nitrogen and oxygen atoms in total. The van der Waals surface area contributed by atoms with Crippen LogP contribution in [0.1, 0.15) is 57.3 Å². The second-order valence-corrected chi connectivity index (χ2v) is 5.43. The van der Waals surface area contributed by atoms with Gasteiger partial charge in [-0.3, -0.25) is 0 Å². The van der Waals surface area contributed by atoms with Gasteiger partial charge in [0.05, 0.1) is 18.3 Å². The lowest BCUT2D eigenvalue weighted by molar-refractivity contribution is -0.183. The van der Waals surface area contributed by atoms with Crippen molar-refractivity contribution < 1.29 is 18.3 Å². The normalized spacial score (nSPS) is 25.7. The molecule has 118 valence electrons. The molecule has 0 aromatic carbocycles. The fourth-order valence-corrected chi connectivity index (χ4v) is 2.78. The Balaban J connectivity index is 2.31. The summed E-state index contributed by atoms with van der Waals surface area (Å²) in [5, 5.41) is -0.0362. The van der Waals surface area contributed by atoms with Crippen LogP contribution in [-0.4, -0.2) is 22.7 Å². The quantitative estimate of drug-likeness (QED) is 0.735. The summed E-state index contributed by atoms with van der Waals surface area (Å²) in [5.41, 5.74) is 0.425. The molecule has 0 bridgehead atoms. The molecule has 2 atom stereocenters. The summed E-state index contributed by atoms with van der Waals surface area (Å²) in [7, 11) is 0. The highest BCUT2D eigenvalue weighted by Gasteiger charge is 2.44. The summed E-state index contributed by atoms with van der Waals surface area (Å²) >= 11 is 6.06. The van der Waals surface area contributed by atoms with Gasteiger partial charge in [-0.05, 0) is 6.42 Å². The minimum Gasteiger partial charge on any atom is -0.343 e. The van der Waals surface area contributed by atoms with Gasteiger partial charge >= 0.3 is 0 Å². The standard InChI is InChI=1S/C14H19ClF2N2O2/c1-3-5-9-8-20-14(21-9,6-4-2)10-7-18-13(12(16)17)19-11(10)15/h7,9,12H,3-6,8H2,1-2H3. The molecule has 0 N–H and O–H groups in total. The number of rotatable bonds is 6. The van der Waals surface area contributed by atoms with E-state index in [0.717, 1.165) is 19.3 Å². The van der Waals surface area contributed by atoms with Crippen molar-refractivity contribution in [2.45, 2.75) is 57.8 Å². The molecule has 1 fully saturated rings. The van der Waals surface area contributed by atoms with Crippen LogP contribution in [0.4, 0.5) is 8.78 Å². The van der Waals surface area contributed by atoms with Gasteiger partial charge in [0.1, 0.15) is 5.15 Å². The predicted molar refractivity (Wildman–Crippen MR) is 74.3 cm³/mol. The zero-order valence-electron chi connectivity index (χ0n) is 12.1. The third kappa shape index (κ3) is 3.49. The first-order valence-corrected chi connectivity index (χ1v) is 7.53. The minimum atomic E-state index is -2.75. The van der Waals surface area contributed by atoms with Crippen LogP contribution in [-0.2, 0) is 15.3 Å². The van der Waals surface area contributed by atoms with Gasteiger partial charge in [-0.1, -0.05) is 38.3 Å². The molecule has 1 aliphatic heterocycles. The Morgan fingerprint density at radius 2 is 2.19 bits per heavy atom. The van der Waals surface area contributed by atoms with Crippen molar-refractivity contribution in [1.82, 2.24) is 9.97 Å². The van der Waals surface area contributed by atoms with E-state index in [0.29, 0.717) is 18.6 Å². The molecular weight excluding hydrogens is 302 g/mol. The summed E-state index contributed by atoms with van der Waals surface area (Å²) in [6, 6.07) is 0. The van der Waals surface area contributed by atoms with E-state index in [9.17, 15) is 8.78 Å². The lowest BCUT2D eigenvalue weighted by atomic mass is 10.0. The lowest BCUT2D eigenvalue weighted by Gasteiger charge is -2.28. The lowest BCUT2D eigenvalue weighted by Crippen LogP contribution is -2.29. The Bertz CT molecular complexity index is 490. The molecule has 0 spiro atoms. The Morgan fingerprint density at radius 1 is 1.43 bits per heavy atom. The van der Waals surface area contributed by atoms with Crippen LogP contribution in [0, 0.1) is 0 Å². The van der Waals surface area contributed by atoms with Crippen LogP contribution in [0.2, 0.25) is 5.15 Å². The third-order valence-electron chi connectivity index (χ3n) is 3.42. The highest BCUT2D eigenvalue weighted by Crippen LogP contribution is 2.41. The smallest absolute Gasteiger partial charge is 0.297 e. The van der Waals surface area contributed by atoms with Gasteiger partial charge in [0.15, 0.2) is 11.6 Å². The monoisotopic (exact) mass is 320 g/mol. The first kappa shape index (κ1) is 16.5. The fourth-order valence-electron chi connectivity index (χ4n) is 2.50. The van der Waals surface area contributed by atoms with E-state index in [1.54, 1.807) is 0 Å². The first-order valence-electron chi connectivity index (χ1n) is 7.15.